The molecule has 1 saturated heterocycles. The minimum absolute atomic E-state index is 0.00916. The Morgan fingerprint density at radius 2 is 1.96 bits per heavy atom. The van der Waals surface area contributed by atoms with E-state index >= 15 is 0 Å². The maximum absolute atomic E-state index is 12.3. The van der Waals surface area contributed by atoms with Gasteiger partial charge in [-0.3, -0.25) is 4.79 Å². The molecule has 1 aliphatic rings. The zero-order chi connectivity index (χ0) is 19.8. The van der Waals surface area contributed by atoms with Gasteiger partial charge >= 0.3 is 6.03 Å². The zero-order valence-corrected chi connectivity index (χ0v) is 17.3. The Balaban J connectivity index is 1.74. The molecule has 2 atom stereocenters. The summed E-state index contributed by atoms with van der Waals surface area (Å²) in [5.74, 6) is 0.00916. The molecule has 1 aromatic rings. The smallest absolute Gasteiger partial charge is 0.315 e. The predicted molar refractivity (Wildman–Crippen MR) is 110 cm³/mol. The van der Waals surface area contributed by atoms with Gasteiger partial charge in [0.15, 0.2) is 0 Å². The molecule has 3 amide bonds. The summed E-state index contributed by atoms with van der Waals surface area (Å²) in [4.78, 5) is 28.6. The number of carbonyl (C=O) groups excluding carboxylic acids is 2. The molecular formula is C20H31ClN4O2. The van der Waals surface area contributed by atoms with Crippen molar-refractivity contribution in [1.82, 2.24) is 15.5 Å². The lowest BCUT2D eigenvalue weighted by Gasteiger charge is -2.21. The summed E-state index contributed by atoms with van der Waals surface area (Å²) in [5.41, 5.74) is 0.805. The van der Waals surface area contributed by atoms with Crippen LogP contribution in [0, 0.1) is 0 Å². The summed E-state index contributed by atoms with van der Waals surface area (Å²) in [5, 5.41) is 6.54. The van der Waals surface area contributed by atoms with E-state index in [1.54, 1.807) is 17.0 Å². The molecule has 1 heterocycles. The first-order valence-electron chi connectivity index (χ1n) is 9.78. The molecule has 0 saturated carbocycles. The molecule has 150 valence electrons. The molecule has 7 heteroatoms. The lowest BCUT2D eigenvalue weighted by molar-refractivity contribution is -0.117. The van der Waals surface area contributed by atoms with Gasteiger partial charge in [-0.25, -0.2) is 4.79 Å². The highest BCUT2D eigenvalue weighted by atomic mass is 35.5. The van der Waals surface area contributed by atoms with Crippen molar-refractivity contribution in [1.29, 1.82) is 0 Å². The molecule has 1 aromatic carbocycles. The summed E-state index contributed by atoms with van der Waals surface area (Å²) in [6, 6.07) is 6.87. The molecule has 2 unspecified atom stereocenters. The second kappa shape index (κ2) is 10.5. The first kappa shape index (κ1) is 21.5. The van der Waals surface area contributed by atoms with E-state index in [0.29, 0.717) is 18.0 Å². The summed E-state index contributed by atoms with van der Waals surface area (Å²) in [6.07, 6.45) is 2.30. The molecule has 2 N–H and O–H groups in total. The monoisotopic (exact) mass is 394 g/mol. The van der Waals surface area contributed by atoms with Crippen LogP contribution in [0.15, 0.2) is 24.3 Å². The quantitative estimate of drug-likeness (QED) is 0.675. The van der Waals surface area contributed by atoms with Crippen LogP contribution in [0.25, 0.3) is 0 Å². The van der Waals surface area contributed by atoms with Crippen molar-refractivity contribution in [2.24, 2.45) is 0 Å². The van der Waals surface area contributed by atoms with Gasteiger partial charge in [-0.15, -0.1) is 0 Å². The fourth-order valence-corrected chi connectivity index (χ4v) is 3.48. The highest BCUT2D eigenvalue weighted by molar-refractivity contribution is 6.30. The first-order chi connectivity index (χ1) is 12.9. The van der Waals surface area contributed by atoms with Crippen molar-refractivity contribution in [3.05, 3.63) is 29.3 Å². The van der Waals surface area contributed by atoms with Crippen LogP contribution in [0.4, 0.5) is 10.5 Å². The highest BCUT2D eigenvalue weighted by Gasteiger charge is 2.31. The fourth-order valence-electron chi connectivity index (χ4n) is 3.36. The van der Waals surface area contributed by atoms with Gasteiger partial charge in [0.05, 0.1) is 6.04 Å². The van der Waals surface area contributed by atoms with Crippen molar-refractivity contribution in [2.45, 2.75) is 52.1 Å². The Morgan fingerprint density at radius 3 is 2.59 bits per heavy atom. The van der Waals surface area contributed by atoms with Crippen LogP contribution in [0.2, 0.25) is 5.02 Å². The maximum atomic E-state index is 12.3. The Labute approximate surface area is 167 Å². The molecule has 0 spiro atoms. The number of halogens is 1. The van der Waals surface area contributed by atoms with E-state index in [2.05, 4.69) is 29.4 Å². The number of amides is 3. The van der Waals surface area contributed by atoms with Crippen LogP contribution < -0.4 is 15.5 Å². The van der Waals surface area contributed by atoms with Crippen molar-refractivity contribution < 1.29 is 9.59 Å². The largest absolute Gasteiger partial charge is 0.336 e. The first-order valence-corrected chi connectivity index (χ1v) is 10.2. The number of rotatable bonds is 9. The Morgan fingerprint density at radius 1 is 1.30 bits per heavy atom. The van der Waals surface area contributed by atoms with E-state index in [-0.39, 0.29) is 24.0 Å². The van der Waals surface area contributed by atoms with Crippen LogP contribution in [-0.4, -0.2) is 55.1 Å². The Hall–Kier alpha value is -1.79. The number of nitrogens with one attached hydrogen (secondary N) is 2. The Bertz CT molecular complexity index is 619. The summed E-state index contributed by atoms with van der Waals surface area (Å²) >= 11 is 5.90. The van der Waals surface area contributed by atoms with Crippen molar-refractivity contribution in [3.63, 3.8) is 0 Å². The average molecular weight is 395 g/mol. The average Bonchev–Trinajstić information content (AvgIpc) is 2.99. The van der Waals surface area contributed by atoms with Crippen LogP contribution >= 0.6 is 11.6 Å². The summed E-state index contributed by atoms with van der Waals surface area (Å²) in [7, 11) is 0. The number of nitrogens with zero attached hydrogens (tertiary/aromatic N) is 2. The number of urea groups is 1. The van der Waals surface area contributed by atoms with E-state index in [1.807, 2.05) is 19.1 Å². The summed E-state index contributed by atoms with van der Waals surface area (Å²) in [6.45, 7) is 9.97. The molecule has 0 aromatic heterocycles. The molecule has 27 heavy (non-hydrogen) atoms. The van der Waals surface area contributed by atoms with Gasteiger partial charge in [0, 0.05) is 29.7 Å². The van der Waals surface area contributed by atoms with Gasteiger partial charge < -0.3 is 20.4 Å². The number of hydrogen-bond donors (Lipinski definition) is 2. The molecule has 1 aliphatic heterocycles. The van der Waals surface area contributed by atoms with Crippen molar-refractivity contribution in [3.8, 4) is 0 Å². The second-order valence-corrected chi connectivity index (χ2v) is 7.51. The van der Waals surface area contributed by atoms with E-state index in [1.165, 1.54) is 0 Å². The highest BCUT2D eigenvalue weighted by Crippen LogP contribution is 2.23. The van der Waals surface area contributed by atoms with E-state index in [9.17, 15) is 9.59 Å². The van der Waals surface area contributed by atoms with E-state index in [4.69, 9.17) is 11.6 Å². The number of carbonyl (C=O) groups is 2. The van der Waals surface area contributed by atoms with Crippen LogP contribution in [0.5, 0.6) is 0 Å². The van der Waals surface area contributed by atoms with Gasteiger partial charge in [0.25, 0.3) is 0 Å². The molecule has 0 bridgehead atoms. The summed E-state index contributed by atoms with van der Waals surface area (Å²) < 4.78 is 0. The number of anilines is 1. The van der Waals surface area contributed by atoms with E-state index < -0.39 is 0 Å². The van der Waals surface area contributed by atoms with Crippen molar-refractivity contribution in [2.75, 3.05) is 31.1 Å². The molecule has 6 nitrogen and oxygen atoms in total. The standard InChI is InChI=1S/C20H31ClN4O2/c1-4-24(5-2)12-6-7-15(3)22-20(27)23-17-13-19(26)25(14-17)18-10-8-16(21)9-11-18/h8-11,15,17H,4-7,12-14H2,1-3H3,(H2,22,23,27). The van der Waals surface area contributed by atoms with Gasteiger partial charge in [-0.05, 0) is 63.7 Å². The minimum Gasteiger partial charge on any atom is -0.336 e. The molecule has 2 rings (SSSR count). The number of hydrogen-bond acceptors (Lipinski definition) is 3. The second-order valence-electron chi connectivity index (χ2n) is 7.07. The number of benzene rings is 1. The normalized spacial score (nSPS) is 18.0. The predicted octanol–water partition coefficient (Wildman–Crippen LogP) is 3.26. The van der Waals surface area contributed by atoms with Crippen LogP contribution in [0.1, 0.15) is 40.0 Å². The Kier molecular flexibility index (Phi) is 8.38. The van der Waals surface area contributed by atoms with E-state index in [0.717, 1.165) is 38.2 Å². The maximum Gasteiger partial charge on any atom is 0.315 e. The van der Waals surface area contributed by atoms with Gasteiger partial charge in [0.1, 0.15) is 0 Å². The molecule has 0 radical (unpaired) electrons. The topological polar surface area (TPSA) is 64.7 Å². The molecular weight excluding hydrogens is 364 g/mol. The molecule has 0 aliphatic carbocycles. The van der Waals surface area contributed by atoms with Crippen LogP contribution in [-0.2, 0) is 4.79 Å². The third kappa shape index (κ3) is 6.70. The van der Waals surface area contributed by atoms with Gasteiger partial charge in [0.2, 0.25) is 5.91 Å². The molecule has 1 fully saturated rings. The third-order valence-electron chi connectivity index (χ3n) is 4.98. The van der Waals surface area contributed by atoms with Gasteiger partial charge in [-0.1, -0.05) is 25.4 Å². The zero-order valence-electron chi connectivity index (χ0n) is 16.5. The minimum atomic E-state index is -0.207. The third-order valence-corrected chi connectivity index (χ3v) is 5.23. The fraction of sp³-hybridized carbons (Fsp3) is 0.600. The SMILES string of the molecule is CCN(CC)CCCC(C)NC(=O)NC1CC(=O)N(c2ccc(Cl)cc2)C1. The van der Waals surface area contributed by atoms with Crippen LogP contribution in [0.3, 0.4) is 0 Å². The van der Waals surface area contributed by atoms with Crippen molar-refractivity contribution >= 4 is 29.2 Å². The lowest BCUT2D eigenvalue weighted by atomic mass is 10.2. The lowest BCUT2D eigenvalue weighted by Crippen LogP contribution is -2.46. The van der Waals surface area contributed by atoms with Gasteiger partial charge in [-0.2, -0.15) is 0 Å².